The van der Waals surface area contributed by atoms with Crippen molar-refractivity contribution in [2.24, 2.45) is 0 Å². The molecule has 0 aliphatic carbocycles. The molecule has 3 aromatic heterocycles. The van der Waals surface area contributed by atoms with Gasteiger partial charge >= 0.3 is 0 Å². The third-order valence-electron chi connectivity index (χ3n) is 6.11. The van der Waals surface area contributed by atoms with Gasteiger partial charge in [0.2, 0.25) is 0 Å². The Labute approximate surface area is 199 Å². The molecule has 2 N–H and O–H groups in total. The van der Waals surface area contributed by atoms with Crippen LogP contribution in [0, 0.1) is 0 Å². The van der Waals surface area contributed by atoms with Crippen LogP contribution in [0.3, 0.4) is 0 Å². The lowest BCUT2D eigenvalue weighted by molar-refractivity contribution is 0.0736. The van der Waals surface area contributed by atoms with Crippen molar-refractivity contribution in [2.45, 2.75) is 13.1 Å². The molecule has 33 heavy (non-hydrogen) atoms. The predicted molar refractivity (Wildman–Crippen MR) is 137 cm³/mol. The minimum atomic E-state index is -0.0544. The number of thiophene rings is 1. The maximum absolute atomic E-state index is 13.9. The second-order valence-corrected chi connectivity index (χ2v) is 9.54. The fourth-order valence-corrected chi connectivity index (χ4v) is 5.96. The molecule has 162 valence electrons. The van der Waals surface area contributed by atoms with E-state index in [2.05, 4.69) is 34.2 Å². The van der Waals surface area contributed by atoms with Crippen LogP contribution in [0.2, 0.25) is 5.02 Å². The van der Waals surface area contributed by atoms with Crippen molar-refractivity contribution in [1.82, 2.24) is 14.9 Å². The Balaban J connectivity index is 1.44. The van der Waals surface area contributed by atoms with E-state index in [4.69, 9.17) is 11.6 Å². The molecule has 0 saturated carbocycles. The summed E-state index contributed by atoms with van der Waals surface area (Å²) < 4.78 is 1.02. The Kier molecular flexibility index (Phi) is 4.93. The van der Waals surface area contributed by atoms with Gasteiger partial charge in [0.25, 0.3) is 5.91 Å². The van der Waals surface area contributed by atoms with Gasteiger partial charge in [-0.15, -0.1) is 11.3 Å². The van der Waals surface area contributed by atoms with E-state index in [9.17, 15) is 4.79 Å². The zero-order valence-corrected chi connectivity index (χ0v) is 19.2. The van der Waals surface area contributed by atoms with E-state index < -0.39 is 0 Å². The van der Waals surface area contributed by atoms with Gasteiger partial charge in [-0.3, -0.25) is 4.79 Å². The van der Waals surface area contributed by atoms with Crippen molar-refractivity contribution in [3.05, 3.63) is 106 Å². The molecule has 6 rings (SSSR count). The minimum Gasteiger partial charge on any atom is -0.361 e. The van der Waals surface area contributed by atoms with E-state index in [0.717, 1.165) is 43.0 Å². The quantitative estimate of drug-likeness (QED) is 0.272. The number of hydrogen-bond donors (Lipinski definition) is 2. The SMILES string of the molecule is O=C(c1sc2ccccc2c1Cl)N(Cc1cccc2[nH]ccc12)Cc1cccc2[nH]ccc12. The van der Waals surface area contributed by atoms with Gasteiger partial charge in [0.15, 0.2) is 0 Å². The molecule has 0 spiro atoms. The molecule has 3 heterocycles. The van der Waals surface area contributed by atoms with Crippen LogP contribution >= 0.6 is 22.9 Å². The fourth-order valence-electron chi connectivity index (χ4n) is 4.48. The molecule has 6 aromatic rings. The van der Waals surface area contributed by atoms with Gasteiger partial charge < -0.3 is 14.9 Å². The summed E-state index contributed by atoms with van der Waals surface area (Å²) >= 11 is 8.17. The Bertz CT molecular complexity index is 1550. The second kappa shape index (κ2) is 8.10. The van der Waals surface area contributed by atoms with E-state index >= 15 is 0 Å². The van der Waals surface area contributed by atoms with Gasteiger partial charge in [-0.05, 0) is 41.5 Å². The van der Waals surface area contributed by atoms with Crippen LogP contribution in [-0.2, 0) is 13.1 Å². The van der Waals surface area contributed by atoms with Crippen LogP contribution in [0.25, 0.3) is 31.9 Å². The van der Waals surface area contributed by atoms with Gasteiger partial charge in [0.05, 0.1) is 5.02 Å². The number of aromatic nitrogens is 2. The monoisotopic (exact) mass is 469 g/mol. The molecule has 0 aliphatic rings. The minimum absolute atomic E-state index is 0.0544. The molecule has 0 aliphatic heterocycles. The average molecular weight is 470 g/mol. The third-order valence-corrected chi connectivity index (χ3v) is 7.77. The molecule has 0 unspecified atom stereocenters. The van der Waals surface area contributed by atoms with Crippen molar-refractivity contribution in [2.75, 3.05) is 0 Å². The van der Waals surface area contributed by atoms with Gasteiger partial charge in [-0.1, -0.05) is 54.1 Å². The van der Waals surface area contributed by atoms with E-state index in [-0.39, 0.29) is 5.91 Å². The predicted octanol–water partition coefficient (Wildman–Crippen LogP) is 7.36. The second-order valence-electron chi connectivity index (χ2n) is 8.11. The number of carbonyl (C=O) groups excluding carboxylic acids is 1. The van der Waals surface area contributed by atoms with Crippen molar-refractivity contribution in [3.63, 3.8) is 0 Å². The number of rotatable bonds is 5. The van der Waals surface area contributed by atoms with E-state index in [1.807, 2.05) is 65.8 Å². The molecule has 1 amide bonds. The van der Waals surface area contributed by atoms with E-state index in [1.165, 1.54) is 11.3 Å². The van der Waals surface area contributed by atoms with Crippen molar-refractivity contribution >= 4 is 60.7 Å². The molecular formula is C27H20ClN3OS. The number of halogens is 1. The molecule has 0 fully saturated rings. The zero-order valence-electron chi connectivity index (χ0n) is 17.6. The normalized spacial score (nSPS) is 11.5. The van der Waals surface area contributed by atoms with Gasteiger partial charge in [0.1, 0.15) is 4.88 Å². The molecule has 6 heteroatoms. The number of H-pyrrole nitrogens is 2. The summed E-state index contributed by atoms with van der Waals surface area (Å²) in [6.45, 7) is 0.971. The number of carbonyl (C=O) groups is 1. The average Bonchev–Trinajstić information content (AvgIpc) is 3.58. The maximum atomic E-state index is 13.9. The number of aromatic amines is 2. The zero-order chi connectivity index (χ0) is 22.4. The van der Waals surface area contributed by atoms with Crippen molar-refractivity contribution < 1.29 is 4.79 Å². The fraction of sp³-hybridized carbons (Fsp3) is 0.0741. The lowest BCUT2D eigenvalue weighted by Gasteiger charge is -2.23. The van der Waals surface area contributed by atoms with Crippen LogP contribution in [0.5, 0.6) is 0 Å². The number of benzene rings is 3. The first-order valence-corrected chi connectivity index (χ1v) is 11.9. The summed E-state index contributed by atoms with van der Waals surface area (Å²) in [6.07, 6.45) is 3.87. The van der Waals surface area contributed by atoms with Crippen LogP contribution in [0.15, 0.2) is 85.2 Å². The third kappa shape index (κ3) is 3.50. The summed E-state index contributed by atoms with van der Waals surface area (Å²) in [5.41, 5.74) is 4.32. The molecule has 0 radical (unpaired) electrons. The largest absolute Gasteiger partial charge is 0.361 e. The maximum Gasteiger partial charge on any atom is 0.266 e. The Morgan fingerprint density at radius 1 is 0.758 bits per heavy atom. The number of hydrogen-bond acceptors (Lipinski definition) is 2. The summed E-state index contributed by atoms with van der Waals surface area (Å²) in [5, 5.41) is 3.70. The Morgan fingerprint density at radius 2 is 1.36 bits per heavy atom. The number of nitrogens with one attached hydrogen (secondary N) is 2. The van der Waals surface area contributed by atoms with Crippen molar-refractivity contribution in [3.8, 4) is 0 Å². The summed E-state index contributed by atoms with van der Waals surface area (Å²) in [6, 6.07) is 24.3. The molecule has 0 saturated heterocycles. The van der Waals surface area contributed by atoms with E-state index in [1.54, 1.807) is 0 Å². The van der Waals surface area contributed by atoms with Crippen LogP contribution < -0.4 is 0 Å². The highest BCUT2D eigenvalue weighted by Gasteiger charge is 2.24. The Hall–Kier alpha value is -3.54. The molecule has 4 nitrogen and oxygen atoms in total. The molecule has 3 aromatic carbocycles. The molecule has 0 atom stereocenters. The highest BCUT2D eigenvalue weighted by Crippen LogP contribution is 2.36. The highest BCUT2D eigenvalue weighted by molar-refractivity contribution is 7.21. The highest BCUT2D eigenvalue weighted by atomic mass is 35.5. The Morgan fingerprint density at radius 3 is 1.97 bits per heavy atom. The molecular weight excluding hydrogens is 450 g/mol. The number of nitrogens with zero attached hydrogens (tertiary/aromatic N) is 1. The van der Waals surface area contributed by atoms with Crippen LogP contribution in [-0.4, -0.2) is 20.8 Å². The number of amides is 1. The first-order chi connectivity index (χ1) is 16.2. The summed E-state index contributed by atoms with van der Waals surface area (Å²) in [7, 11) is 0. The lowest BCUT2D eigenvalue weighted by Crippen LogP contribution is -2.30. The summed E-state index contributed by atoms with van der Waals surface area (Å²) in [4.78, 5) is 22.9. The molecule has 0 bridgehead atoms. The first-order valence-electron chi connectivity index (χ1n) is 10.8. The van der Waals surface area contributed by atoms with Crippen LogP contribution in [0.1, 0.15) is 20.8 Å². The van der Waals surface area contributed by atoms with Gasteiger partial charge in [-0.25, -0.2) is 0 Å². The van der Waals surface area contributed by atoms with Crippen LogP contribution in [0.4, 0.5) is 0 Å². The van der Waals surface area contributed by atoms with Gasteiger partial charge in [0, 0.05) is 57.4 Å². The van der Waals surface area contributed by atoms with Gasteiger partial charge in [-0.2, -0.15) is 0 Å². The summed E-state index contributed by atoms with van der Waals surface area (Å²) in [5.74, 6) is -0.0544. The number of fused-ring (bicyclic) bond motifs is 3. The van der Waals surface area contributed by atoms with E-state index in [0.29, 0.717) is 23.0 Å². The van der Waals surface area contributed by atoms with Crippen molar-refractivity contribution in [1.29, 1.82) is 0 Å². The smallest absolute Gasteiger partial charge is 0.266 e. The standard InChI is InChI=1S/C27H20ClN3OS/c28-25-21-7-1-2-10-24(21)33-26(25)27(32)31(15-17-5-3-8-22-19(17)11-13-29-22)16-18-6-4-9-23-20(18)12-14-30-23/h1-14,29-30H,15-16H2. The lowest BCUT2D eigenvalue weighted by atomic mass is 10.1. The topological polar surface area (TPSA) is 51.9 Å². The first kappa shape index (κ1) is 20.1.